The monoisotopic (exact) mass is 342 g/mol. The van der Waals surface area contributed by atoms with Crippen LogP contribution in [0.25, 0.3) is 0 Å². The molecule has 1 atom stereocenters. The summed E-state index contributed by atoms with van der Waals surface area (Å²) in [6, 6.07) is 5.48. The highest BCUT2D eigenvalue weighted by Crippen LogP contribution is 2.29. The van der Waals surface area contributed by atoms with E-state index in [9.17, 15) is 0 Å². The zero-order valence-electron chi connectivity index (χ0n) is 10.6. The van der Waals surface area contributed by atoms with Crippen LogP contribution in [0.3, 0.4) is 0 Å². The van der Waals surface area contributed by atoms with Gasteiger partial charge in [-0.25, -0.2) is 10.4 Å². The van der Waals surface area contributed by atoms with Crippen molar-refractivity contribution in [2.45, 2.75) is 25.9 Å². The minimum atomic E-state index is -0.173. The van der Waals surface area contributed by atoms with Crippen LogP contribution in [0.2, 0.25) is 5.02 Å². The van der Waals surface area contributed by atoms with Crippen LogP contribution in [-0.4, -0.2) is 9.55 Å². The number of halogens is 2. The van der Waals surface area contributed by atoms with E-state index in [4.69, 9.17) is 17.4 Å². The average molecular weight is 344 g/mol. The third-order valence-electron chi connectivity index (χ3n) is 2.91. The molecule has 0 aliphatic carbocycles. The van der Waals surface area contributed by atoms with Crippen molar-refractivity contribution in [3.63, 3.8) is 0 Å². The van der Waals surface area contributed by atoms with E-state index in [0.29, 0.717) is 5.02 Å². The number of hydrazine groups is 1. The molecular weight excluding hydrogens is 328 g/mol. The van der Waals surface area contributed by atoms with Crippen LogP contribution >= 0.6 is 27.5 Å². The van der Waals surface area contributed by atoms with E-state index in [2.05, 4.69) is 37.8 Å². The maximum absolute atomic E-state index is 5.97. The Labute approximate surface area is 126 Å². The quantitative estimate of drug-likeness (QED) is 0.647. The highest BCUT2D eigenvalue weighted by molar-refractivity contribution is 9.10. The highest BCUT2D eigenvalue weighted by atomic mass is 79.9. The Morgan fingerprint density at radius 1 is 1.53 bits per heavy atom. The molecule has 0 aliphatic rings. The van der Waals surface area contributed by atoms with Crippen molar-refractivity contribution in [3.05, 3.63) is 51.5 Å². The minimum Gasteiger partial charge on any atom is -0.333 e. The van der Waals surface area contributed by atoms with Crippen molar-refractivity contribution in [1.29, 1.82) is 0 Å². The van der Waals surface area contributed by atoms with Crippen LogP contribution in [0.15, 0.2) is 35.1 Å². The van der Waals surface area contributed by atoms with Crippen molar-refractivity contribution in [3.8, 4) is 0 Å². The standard InChI is InChI=1S/C13H16BrClN4/c1-2-6-19-7-5-17-13(19)12(18-16)10-4-3-9(15)8-11(10)14/h3-5,7-8,12,18H,2,6,16H2,1H3. The van der Waals surface area contributed by atoms with Gasteiger partial charge in [0.05, 0.1) is 0 Å². The number of nitrogens with two attached hydrogens (primary N) is 1. The molecule has 1 heterocycles. The number of hydrogen-bond donors (Lipinski definition) is 2. The first-order valence-electron chi connectivity index (χ1n) is 6.09. The molecule has 0 saturated carbocycles. The second kappa shape index (κ2) is 6.52. The molecule has 0 fully saturated rings. The first kappa shape index (κ1) is 14.5. The van der Waals surface area contributed by atoms with Gasteiger partial charge in [-0.3, -0.25) is 5.84 Å². The molecule has 1 aromatic heterocycles. The van der Waals surface area contributed by atoms with E-state index >= 15 is 0 Å². The van der Waals surface area contributed by atoms with Gasteiger partial charge < -0.3 is 4.57 Å². The molecular formula is C13H16BrClN4. The molecule has 19 heavy (non-hydrogen) atoms. The lowest BCUT2D eigenvalue weighted by atomic mass is 10.1. The van der Waals surface area contributed by atoms with Crippen LogP contribution in [0.1, 0.15) is 30.8 Å². The van der Waals surface area contributed by atoms with Crippen LogP contribution in [0.5, 0.6) is 0 Å². The van der Waals surface area contributed by atoms with Crippen molar-refractivity contribution in [2.24, 2.45) is 5.84 Å². The maximum Gasteiger partial charge on any atom is 0.131 e. The minimum absolute atomic E-state index is 0.173. The zero-order chi connectivity index (χ0) is 13.8. The Morgan fingerprint density at radius 3 is 2.95 bits per heavy atom. The number of imidazole rings is 1. The second-order valence-electron chi connectivity index (χ2n) is 4.24. The van der Waals surface area contributed by atoms with Crippen LogP contribution in [0.4, 0.5) is 0 Å². The SMILES string of the molecule is CCCn1ccnc1C(NN)c1ccc(Cl)cc1Br. The van der Waals surface area contributed by atoms with Crippen molar-refractivity contribution in [2.75, 3.05) is 0 Å². The van der Waals surface area contributed by atoms with Crippen LogP contribution < -0.4 is 11.3 Å². The number of nitrogens with zero attached hydrogens (tertiary/aromatic N) is 2. The lowest BCUT2D eigenvalue weighted by Crippen LogP contribution is -2.31. The predicted molar refractivity (Wildman–Crippen MR) is 80.8 cm³/mol. The molecule has 6 heteroatoms. The Hall–Kier alpha value is -0.880. The lowest BCUT2D eigenvalue weighted by molar-refractivity contribution is 0.544. The molecule has 102 valence electrons. The average Bonchev–Trinajstić information content (AvgIpc) is 2.82. The van der Waals surface area contributed by atoms with Crippen molar-refractivity contribution < 1.29 is 0 Å². The summed E-state index contributed by atoms with van der Waals surface area (Å²) in [6.07, 6.45) is 4.80. The van der Waals surface area contributed by atoms with Gasteiger partial charge in [-0.05, 0) is 24.1 Å². The zero-order valence-corrected chi connectivity index (χ0v) is 12.9. The predicted octanol–water partition coefficient (Wildman–Crippen LogP) is 3.26. The number of rotatable bonds is 5. The molecule has 0 radical (unpaired) electrons. The second-order valence-corrected chi connectivity index (χ2v) is 5.54. The number of hydrogen-bond acceptors (Lipinski definition) is 3. The topological polar surface area (TPSA) is 55.9 Å². The summed E-state index contributed by atoms with van der Waals surface area (Å²) in [5.74, 6) is 6.61. The smallest absolute Gasteiger partial charge is 0.131 e. The summed E-state index contributed by atoms with van der Waals surface area (Å²) in [5, 5.41) is 0.684. The Balaban J connectivity index is 2.41. The first-order chi connectivity index (χ1) is 9.17. The summed E-state index contributed by atoms with van der Waals surface area (Å²) < 4.78 is 3.01. The number of benzene rings is 1. The fourth-order valence-electron chi connectivity index (χ4n) is 2.05. The third-order valence-corrected chi connectivity index (χ3v) is 3.83. The largest absolute Gasteiger partial charge is 0.333 e. The molecule has 3 N–H and O–H groups in total. The molecule has 1 unspecified atom stereocenters. The summed E-state index contributed by atoms with van der Waals surface area (Å²) >= 11 is 9.49. The maximum atomic E-state index is 5.97. The van der Waals surface area contributed by atoms with Gasteiger partial charge in [0.15, 0.2) is 0 Å². The summed E-state index contributed by atoms with van der Waals surface area (Å²) in [6.45, 7) is 3.05. The molecule has 0 spiro atoms. The Kier molecular flexibility index (Phi) is 4.99. The van der Waals surface area contributed by atoms with E-state index in [-0.39, 0.29) is 6.04 Å². The number of aryl methyl sites for hydroxylation is 1. The van der Waals surface area contributed by atoms with E-state index < -0.39 is 0 Å². The molecule has 2 rings (SSSR count). The first-order valence-corrected chi connectivity index (χ1v) is 7.26. The van der Waals surface area contributed by atoms with Gasteiger partial charge in [-0.2, -0.15) is 0 Å². The summed E-state index contributed by atoms with van der Waals surface area (Å²) in [7, 11) is 0. The normalized spacial score (nSPS) is 12.6. The molecule has 1 aromatic carbocycles. The molecule has 2 aromatic rings. The van der Waals surface area contributed by atoms with E-state index in [1.807, 2.05) is 24.4 Å². The van der Waals surface area contributed by atoms with Crippen LogP contribution in [-0.2, 0) is 6.54 Å². The van der Waals surface area contributed by atoms with Gasteiger partial charge in [0.1, 0.15) is 11.9 Å². The van der Waals surface area contributed by atoms with Gasteiger partial charge in [0.2, 0.25) is 0 Å². The Morgan fingerprint density at radius 2 is 2.32 bits per heavy atom. The van der Waals surface area contributed by atoms with Crippen molar-refractivity contribution >= 4 is 27.5 Å². The van der Waals surface area contributed by atoms with Gasteiger partial charge in [-0.1, -0.05) is 40.5 Å². The van der Waals surface area contributed by atoms with Crippen molar-refractivity contribution in [1.82, 2.24) is 15.0 Å². The lowest BCUT2D eigenvalue weighted by Gasteiger charge is -2.19. The summed E-state index contributed by atoms with van der Waals surface area (Å²) in [5.41, 5.74) is 3.83. The molecule has 0 bridgehead atoms. The fraction of sp³-hybridized carbons (Fsp3) is 0.308. The Bertz CT molecular complexity index is 555. The fourth-order valence-corrected chi connectivity index (χ4v) is 2.96. The van der Waals surface area contributed by atoms with E-state index in [0.717, 1.165) is 28.8 Å². The summed E-state index contributed by atoms with van der Waals surface area (Å²) in [4.78, 5) is 4.41. The van der Waals surface area contributed by atoms with E-state index in [1.165, 1.54) is 0 Å². The van der Waals surface area contributed by atoms with Gasteiger partial charge in [-0.15, -0.1) is 0 Å². The molecule has 0 amide bonds. The van der Waals surface area contributed by atoms with Gasteiger partial charge in [0.25, 0.3) is 0 Å². The van der Waals surface area contributed by atoms with Gasteiger partial charge in [0, 0.05) is 28.4 Å². The number of nitrogens with one attached hydrogen (secondary N) is 1. The van der Waals surface area contributed by atoms with Gasteiger partial charge >= 0.3 is 0 Å². The van der Waals surface area contributed by atoms with E-state index in [1.54, 1.807) is 6.20 Å². The number of aromatic nitrogens is 2. The third kappa shape index (κ3) is 3.17. The molecule has 0 saturated heterocycles. The highest BCUT2D eigenvalue weighted by Gasteiger charge is 2.20. The molecule has 4 nitrogen and oxygen atoms in total. The van der Waals surface area contributed by atoms with Crippen LogP contribution in [0, 0.1) is 0 Å². The molecule has 0 aliphatic heterocycles.